The minimum Gasteiger partial charge on any atom is -0.359 e. The van der Waals surface area contributed by atoms with Gasteiger partial charge in [-0.2, -0.15) is 0 Å². The van der Waals surface area contributed by atoms with Crippen LogP contribution in [0.5, 0.6) is 0 Å². The smallest absolute Gasteiger partial charge is 0.243 e. The van der Waals surface area contributed by atoms with E-state index in [2.05, 4.69) is 18.3 Å². The van der Waals surface area contributed by atoms with Gasteiger partial charge in [0, 0.05) is 13.1 Å². The minimum atomic E-state index is 0.0317. The van der Waals surface area contributed by atoms with Crippen molar-refractivity contribution in [3.05, 3.63) is 23.3 Å². The van der Waals surface area contributed by atoms with Crippen molar-refractivity contribution >= 4 is 17.3 Å². The Hall–Kier alpha value is -1.55. The van der Waals surface area contributed by atoms with Gasteiger partial charge in [-0.25, -0.2) is 0 Å². The van der Waals surface area contributed by atoms with Crippen LogP contribution in [0.4, 0.5) is 11.4 Å². The highest BCUT2D eigenvalue weighted by atomic mass is 16.2. The van der Waals surface area contributed by atoms with Crippen LogP contribution in [-0.2, 0) is 4.79 Å². The second-order valence-corrected chi connectivity index (χ2v) is 4.21. The fraction of sp³-hybridized carbons (Fsp3) is 0.417. The lowest BCUT2D eigenvalue weighted by molar-refractivity contribution is -0.115. The van der Waals surface area contributed by atoms with Crippen molar-refractivity contribution in [1.29, 1.82) is 0 Å². The molecule has 86 valence electrons. The predicted molar refractivity (Wildman–Crippen MR) is 65.8 cm³/mol. The molecule has 1 aliphatic heterocycles. The Kier molecular flexibility index (Phi) is 2.83. The normalized spacial score (nSPS) is 14.7. The highest BCUT2D eigenvalue weighted by Gasteiger charge is 2.21. The van der Waals surface area contributed by atoms with Gasteiger partial charge >= 0.3 is 0 Å². The lowest BCUT2D eigenvalue weighted by Gasteiger charge is -2.31. The molecule has 0 fully saturated rings. The lowest BCUT2D eigenvalue weighted by atomic mass is 10.1. The average molecular weight is 219 g/mol. The van der Waals surface area contributed by atoms with Gasteiger partial charge in [-0.3, -0.25) is 4.79 Å². The molecule has 4 heteroatoms. The number of hydrogen-bond acceptors (Lipinski definition) is 3. The second kappa shape index (κ2) is 4.14. The molecule has 1 aliphatic rings. The molecule has 0 radical (unpaired) electrons. The summed E-state index contributed by atoms with van der Waals surface area (Å²) in [5.74, 6) is 0.0317. The molecule has 2 rings (SSSR count). The summed E-state index contributed by atoms with van der Waals surface area (Å²) in [7, 11) is 0. The van der Waals surface area contributed by atoms with Gasteiger partial charge in [0.1, 0.15) is 0 Å². The van der Waals surface area contributed by atoms with Gasteiger partial charge < -0.3 is 16.0 Å². The maximum absolute atomic E-state index is 11.5. The summed E-state index contributed by atoms with van der Waals surface area (Å²) in [6.07, 6.45) is 0. The highest BCUT2D eigenvalue weighted by molar-refractivity contribution is 6.01. The largest absolute Gasteiger partial charge is 0.359 e. The Balaban J connectivity index is 2.44. The topological polar surface area (TPSA) is 58.4 Å². The van der Waals surface area contributed by atoms with Crippen molar-refractivity contribution < 1.29 is 4.79 Å². The van der Waals surface area contributed by atoms with Crippen LogP contribution in [0.3, 0.4) is 0 Å². The van der Waals surface area contributed by atoms with Gasteiger partial charge in [-0.15, -0.1) is 0 Å². The van der Waals surface area contributed by atoms with Crippen molar-refractivity contribution in [2.24, 2.45) is 5.73 Å². The van der Waals surface area contributed by atoms with E-state index in [0.717, 1.165) is 11.4 Å². The summed E-state index contributed by atoms with van der Waals surface area (Å²) in [5.41, 5.74) is 9.95. The number of nitrogens with two attached hydrogens (primary N) is 1. The van der Waals surface area contributed by atoms with Gasteiger partial charge in [0.05, 0.1) is 17.9 Å². The van der Waals surface area contributed by atoms with Crippen LogP contribution in [-0.4, -0.2) is 25.5 Å². The molecular weight excluding hydrogens is 202 g/mol. The lowest BCUT2D eigenvalue weighted by Crippen LogP contribution is -2.40. The fourth-order valence-corrected chi connectivity index (χ4v) is 1.97. The molecule has 16 heavy (non-hydrogen) atoms. The first-order chi connectivity index (χ1) is 7.61. The van der Waals surface area contributed by atoms with Crippen LogP contribution >= 0.6 is 0 Å². The molecule has 0 bridgehead atoms. The molecule has 1 heterocycles. The number of anilines is 2. The minimum absolute atomic E-state index is 0.0317. The zero-order chi connectivity index (χ0) is 11.7. The monoisotopic (exact) mass is 219 g/mol. The van der Waals surface area contributed by atoms with Crippen LogP contribution in [0, 0.1) is 13.8 Å². The summed E-state index contributed by atoms with van der Waals surface area (Å²) in [6, 6.07) is 4.13. The van der Waals surface area contributed by atoms with Gasteiger partial charge in [0.2, 0.25) is 5.91 Å². The molecule has 0 saturated carbocycles. The standard InChI is InChI=1S/C12H17N3O/c1-8-5-10-11(6-9(8)2)15(4-3-13)7-12(16)14-10/h5-6H,3-4,7,13H2,1-2H3,(H,14,16). The fourth-order valence-electron chi connectivity index (χ4n) is 1.97. The number of hydrogen-bond donors (Lipinski definition) is 2. The maximum Gasteiger partial charge on any atom is 0.243 e. The molecule has 1 amide bonds. The Labute approximate surface area is 95.4 Å². The molecule has 0 saturated heterocycles. The average Bonchev–Trinajstić information content (AvgIpc) is 2.21. The second-order valence-electron chi connectivity index (χ2n) is 4.21. The van der Waals surface area contributed by atoms with E-state index in [9.17, 15) is 4.79 Å². The van der Waals surface area contributed by atoms with E-state index in [-0.39, 0.29) is 5.91 Å². The summed E-state index contributed by atoms with van der Waals surface area (Å²) < 4.78 is 0. The van der Waals surface area contributed by atoms with E-state index < -0.39 is 0 Å². The number of rotatable bonds is 2. The number of amides is 1. The van der Waals surface area contributed by atoms with Crippen molar-refractivity contribution in [3.63, 3.8) is 0 Å². The van der Waals surface area contributed by atoms with Crippen LogP contribution in [0.2, 0.25) is 0 Å². The Morgan fingerprint density at radius 2 is 2.06 bits per heavy atom. The van der Waals surface area contributed by atoms with E-state index >= 15 is 0 Å². The third-order valence-electron chi connectivity index (χ3n) is 2.96. The van der Waals surface area contributed by atoms with E-state index in [1.165, 1.54) is 11.1 Å². The molecule has 3 N–H and O–H groups in total. The van der Waals surface area contributed by atoms with Crippen LogP contribution < -0.4 is 16.0 Å². The highest BCUT2D eigenvalue weighted by Crippen LogP contribution is 2.31. The molecule has 0 aromatic heterocycles. The number of fused-ring (bicyclic) bond motifs is 1. The molecule has 1 aromatic rings. The maximum atomic E-state index is 11.5. The third-order valence-corrected chi connectivity index (χ3v) is 2.96. The molecule has 0 unspecified atom stereocenters. The van der Waals surface area contributed by atoms with E-state index in [1.807, 2.05) is 17.9 Å². The first kappa shape index (κ1) is 11.0. The van der Waals surface area contributed by atoms with E-state index in [4.69, 9.17) is 5.73 Å². The van der Waals surface area contributed by atoms with Crippen LogP contribution in [0.15, 0.2) is 12.1 Å². The van der Waals surface area contributed by atoms with Gasteiger partial charge in [-0.1, -0.05) is 0 Å². The first-order valence-electron chi connectivity index (χ1n) is 5.48. The molecule has 0 aliphatic carbocycles. The number of nitrogens with zero attached hydrogens (tertiary/aromatic N) is 1. The summed E-state index contributed by atoms with van der Waals surface area (Å²) >= 11 is 0. The van der Waals surface area contributed by atoms with E-state index in [1.54, 1.807) is 0 Å². The Morgan fingerprint density at radius 3 is 2.75 bits per heavy atom. The van der Waals surface area contributed by atoms with E-state index in [0.29, 0.717) is 19.6 Å². The van der Waals surface area contributed by atoms with Gasteiger partial charge in [0.15, 0.2) is 0 Å². The van der Waals surface area contributed by atoms with Crippen molar-refractivity contribution in [1.82, 2.24) is 0 Å². The summed E-state index contributed by atoms with van der Waals surface area (Å²) in [5, 5.41) is 2.89. The number of benzene rings is 1. The zero-order valence-electron chi connectivity index (χ0n) is 9.71. The number of aryl methyl sites for hydroxylation is 2. The zero-order valence-corrected chi connectivity index (χ0v) is 9.71. The molecule has 4 nitrogen and oxygen atoms in total. The molecular formula is C12H17N3O. The van der Waals surface area contributed by atoms with Crippen LogP contribution in [0.25, 0.3) is 0 Å². The third kappa shape index (κ3) is 1.88. The quantitative estimate of drug-likeness (QED) is 0.780. The SMILES string of the molecule is Cc1cc2c(cc1C)N(CCN)CC(=O)N2. The molecule has 0 atom stereocenters. The van der Waals surface area contributed by atoms with Gasteiger partial charge in [0.25, 0.3) is 0 Å². The number of nitrogens with one attached hydrogen (secondary N) is 1. The van der Waals surface area contributed by atoms with Crippen molar-refractivity contribution in [2.45, 2.75) is 13.8 Å². The summed E-state index contributed by atoms with van der Waals surface area (Å²) in [6.45, 7) is 5.78. The Morgan fingerprint density at radius 1 is 1.38 bits per heavy atom. The van der Waals surface area contributed by atoms with Crippen molar-refractivity contribution in [3.8, 4) is 0 Å². The van der Waals surface area contributed by atoms with Crippen molar-refractivity contribution in [2.75, 3.05) is 29.9 Å². The first-order valence-corrected chi connectivity index (χ1v) is 5.48. The Bertz CT molecular complexity index is 429. The van der Waals surface area contributed by atoms with Gasteiger partial charge in [-0.05, 0) is 37.1 Å². The van der Waals surface area contributed by atoms with Crippen LogP contribution in [0.1, 0.15) is 11.1 Å². The number of carbonyl (C=O) groups is 1. The molecule has 1 aromatic carbocycles. The molecule has 0 spiro atoms. The predicted octanol–water partition coefficient (Wildman–Crippen LogP) is 1.02. The summed E-state index contributed by atoms with van der Waals surface area (Å²) in [4.78, 5) is 13.5. The number of carbonyl (C=O) groups excluding carboxylic acids is 1.